The molecule has 0 aliphatic heterocycles. The molecule has 2 rings (SSSR count). The number of aromatic carboxylic acids is 1. The predicted molar refractivity (Wildman–Crippen MR) is 84.9 cm³/mol. The van der Waals surface area contributed by atoms with E-state index in [4.69, 9.17) is 28.3 Å². The van der Waals surface area contributed by atoms with E-state index in [1.54, 1.807) is 23.9 Å². The summed E-state index contributed by atoms with van der Waals surface area (Å²) in [6.07, 6.45) is 0. The van der Waals surface area contributed by atoms with E-state index < -0.39 is 5.97 Å². The van der Waals surface area contributed by atoms with Crippen molar-refractivity contribution in [1.29, 1.82) is 0 Å². The summed E-state index contributed by atoms with van der Waals surface area (Å²) in [5.41, 5.74) is 2.34. The van der Waals surface area contributed by atoms with Crippen LogP contribution in [0.5, 0.6) is 0 Å². The van der Waals surface area contributed by atoms with Gasteiger partial charge in [-0.1, -0.05) is 41.4 Å². The Bertz CT molecular complexity index is 612. The van der Waals surface area contributed by atoms with Crippen molar-refractivity contribution in [3.05, 3.63) is 69.2 Å². The molecule has 0 fully saturated rings. The van der Waals surface area contributed by atoms with Gasteiger partial charge in [0, 0.05) is 21.6 Å². The number of benzene rings is 2. The van der Waals surface area contributed by atoms with Crippen molar-refractivity contribution in [2.24, 2.45) is 0 Å². The van der Waals surface area contributed by atoms with Crippen molar-refractivity contribution < 1.29 is 9.90 Å². The predicted octanol–water partition coefficient (Wildman–Crippen LogP) is 5.13. The molecule has 0 amide bonds. The minimum absolute atomic E-state index is 0.210. The van der Waals surface area contributed by atoms with Crippen molar-refractivity contribution in [2.75, 3.05) is 0 Å². The normalized spacial score (nSPS) is 10.5. The van der Waals surface area contributed by atoms with Gasteiger partial charge in [0.05, 0.1) is 5.56 Å². The first kappa shape index (κ1) is 15.2. The highest BCUT2D eigenvalue weighted by Gasteiger charge is 2.07. The molecule has 0 aliphatic carbocycles. The van der Waals surface area contributed by atoms with Crippen molar-refractivity contribution in [3.8, 4) is 0 Å². The molecule has 0 unspecified atom stereocenters. The Morgan fingerprint density at radius 3 is 2.35 bits per heavy atom. The molecule has 0 aliphatic rings. The number of rotatable bonds is 5. The molecule has 2 aromatic rings. The molecule has 0 atom stereocenters. The molecule has 1 N–H and O–H groups in total. The lowest BCUT2D eigenvalue weighted by molar-refractivity contribution is 0.0697. The van der Waals surface area contributed by atoms with Crippen LogP contribution in [0.2, 0.25) is 10.0 Å². The number of carboxylic acid groups (broad SMARTS) is 1. The number of thioether (sulfide) groups is 1. The highest BCUT2D eigenvalue weighted by molar-refractivity contribution is 7.97. The Balaban J connectivity index is 1.94. The molecule has 0 saturated heterocycles. The zero-order valence-corrected chi connectivity index (χ0v) is 12.8. The topological polar surface area (TPSA) is 37.3 Å². The van der Waals surface area contributed by atoms with Crippen LogP contribution in [-0.4, -0.2) is 11.1 Å². The second kappa shape index (κ2) is 7.02. The Morgan fingerprint density at radius 2 is 1.75 bits per heavy atom. The molecule has 0 heterocycles. The van der Waals surface area contributed by atoms with Gasteiger partial charge in [0.1, 0.15) is 0 Å². The van der Waals surface area contributed by atoms with E-state index in [0.717, 1.165) is 22.1 Å². The number of hydrogen-bond acceptors (Lipinski definition) is 2. The molecule has 0 spiro atoms. The van der Waals surface area contributed by atoms with Crippen LogP contribution >= 0.6 is 35.0 Å². The first-order valence-corrected chi connectivity index (χ1v) is 7.81. The van der Waals surface area contributed by atoms with Gasteiger partial charge in [-0.05, 0) is 35.4 Å². The molecule has 0 radical (unpaired) electrons. The molecule has 2 nitrogen and oxygen atoms in total. The standard InChI is InChI=1S/C15H12Cl2O2S/c16-13-5-1-10(2-6-13)8-20-9-12-4-3-11(15(18)19)7-14(12)17/h1-7H,8-9H2,(H,18,19). The number of carboxylic acids is 1. The van der Waals surface area contributed by atoms with Gasteiger partial charge in [-0.25, -0.2) is 4.79 Å². The third-order valence-electron chi connectivity index (χ3n) is 2.74. The average Bonchev–Trinajstić information content (AvgIpc) is 2.42. The first-order chi connectivity index (χ1) is 9.56. The molecule has 2 aromatic carbocycles. The summed E-state index contributed by atoms with van der Waals surface area (Å²) in [6.45, 7) is 0. The summed E-state index contributed by atoms with van der Waals surface area (Å²) < 4.78 is 0. The third kappa shape index (κ3) is 4.17. The third-order valence-corrected chi connectivity index (χ3v) is 4.40. The lowest BCUT2D eigenvalue weighted by Crippen LogP contribution is -1.96. The van der Waals surface area contributed by atoms with Gasteiger partial charge >= 0.3 is 5.97 Å². The van der Waals surface area contributed by atoms with Crippen LogP contribution in [0, 0.1) is 0 Å². The SMILES string of the molecule is O=C(O)c1ccc(CSCc2ccc(Cl)cc2)c(Cl)c1. The van der Waals surface area contributed by atoms with Crippen LogP contribution in [0.3, 0.4) is 0 Å². The van der Waals surface area contributed by atoms with E-state index in [-0.39, 0.29) is 5.56 Å². The van der Waals surface area contributed by atoms with E-state index >= 15 is 0 Å². The Kier molecular flexibility index (Phi) is 5.35. The minimum Gasteiger partial charge on any atom is -0.478 e. The van der Waals surface area contributed by atoms with Crippen molar-refractivity contribution in [2.45, 2.75) is 11.5 Å². The molecule has 0 saturated carbocycles. The van der Waals surface area contributed by atoms with Gasteiger partial charge in [0.25, 0.3) is 0 Å². The molecule has 5 heteroatoms. The monoisotopic (exact) mass is 326 g/mol. The van der Waals surface area contributed by atoms with E-state index in [2.05, 4.69) is 0 Å². The highest BCUT2D eigenvalue weighted by Crippen LogP contribution is 2.25. The summed E-state index contributed by atoms with van der Waals surface area (Å²) in [5, 5.41) is 10.1. The van der Waals surface area contributed by atoms with Gasteiger partial charge in [-0.15, -0.1) is 0 Å². The Hall–Kier alpha value is -1.16. The van der Waals surface area contributed by atoms with Gasteiger partial charge in [-0.2, -0.15) is 11.8 Å². The van der Waals surface area contributed by atoms with Crippen molar-refractivity contribution in [1.82, 2.24) is 0 Å². The zero-order chi connectivity index (χ0) is 14.5. The molecular weight excluding hydrogens is 315 g/mol. The van der Waals surface area contributed by atoms with E-state index in [9.17, 15) is 4.79 Å². The van der Waals surface area contributed by atoms with Crippen LogP contribution in [0.4, 0.5) is 0 Å². The van der Waals surface area contributed by atoms with E-state index in [0.29, 0.717) is 5.02 Å². The van der Waals surface area contributed by atoms with Crippen molar-refractivity contribution >= 4 is 40.9 Å². The molecular formula is C15H12Cl2O2S. The maximum absolute atomic E-state index is 10.8. The minimum atomic E-state index is -0.965. The second-order valence-corrected chi connectivity index (χ2v) is 6.06. The Morgan fingerprint density at radius 1 is 1.05 bits per heavy atom. The van der Waals surface area contributed by atoms with Gasteiger partial charge in [-0.3, -0.25) is 0 Å². The fourth-order valence-electron chi connectivity index (χ4n) is 1.66. The summed E-state index contributed by atoms with van der Waals surface area (Å²) in [7, 11) is 0. The van der Waals surface area contributed by atoms with E-state index in [1.165, 1.54) is 11.6 Å². The lowest BCUT2D eigenvalue weighted by atomic mass is 10.1. The summed E-state index contributed by atoms with van der Waals surface area (Å²) in [6, 6.07) is 12.5. The van der Waals surface area contributed by atoms with Crippen LogP contribution in [0.1, 0.15) is 21.5 Å². The zero-order valence-electron chi connectivity index (χ0n) is 10.5. The maximum atomic E-state index is 10.8. The fourth-order valence-corrected chi connectivity index (χ4v) is 3.11. The smallest absolute Gasteiger partial charge is 0.335 e. The summed E-state index contributed by atoms with van der Waals surface area (Å²) in [4.78, 5) is 10.8. The molecule has 0 aromatic heterocycles. The number of carbonyl (C=O) groups is 1. The highest BCUT2D eigenvalue weighted by atomic mass is 35.5. The summed E-state index contributed by atoms with van der Waals surface area (Å²) >= 11 is 13.6. The summed E-state index contributed by atoms with van der Waals surface area (Å²) in [5.74, 6) is 0.627. The van der Waals surface area contributed by atoms with Gasteiger partial charge in [0.15, 0.2) is 0 Å². The van der Waals surface area contributed by atoms with Crippen molar-refractivity contribution in [3.63, 3.8) is 0 Å². The molecule has 0 bridgehead atoms. The maximum Gasteiger partial charge on any atom is 0.335 e. The van der Waals surface area contributed by atoms with Crippen LogP contribution in [0.25, 0.3) is 0 Å². The Labute approximate surface area is 131 Å². The lowest BCUT2D eigenvalue weighted by Gasteiger charge is -2.06. The van der Waals surface area contributed by atoms with Gasteiger partial charge < -0.3 is 5.11 Å². The quantitative estimate of drug-likeness (QED) is 0.828. The molecule has 20 heavy (non-hydrogen) atoms. The number of halogens is 2. The molecule has 104 valence electrons. The second-order valence-electron chi connectivity index (χ2n) is 4.23. The fraction of sp³-hybridized carbons (Fsp3) is 0.133. The van der Waals surface area contributed by atoms with Gasteiger partial charge in [0.2, 0.25) is 0 Å². The van der Waals surface area contributed by atoms with E-state index in [1.807, 2.05) is 24.3 Å². The largest absolute Gasteiger partial charge is 0.478 e. The first-order valence-electron chi connectivity index (χ1n) is 5.90. The average molecular weight is 327 g/mol. The van der Waals surface area contributed by atoms with Crippen LogP contribution in [-0.2, 0) is 11.5 Å². The number of hydrogen-bond donors (Lipinski definition) is 1. The van der Waals surface area contributed by atoms with Crippen LogP contribution < -0.4 is 0 Å². The van der Waals surface area contributed by atoms with Crippen LogP contribution in [0.15, 0.2) is 42.5 Å².